The maximum atomic E-state index is 2.30. The van der Waals surface area contributed by atoms with Crippen molar-refractivity contribution in [1.82, 2.24) is 0 Å². The molecule has 0 bridgehead atoms. The van der Waals surface area contributed by atoms with E-state index in [0.29, 0.717) is 0 Å². The minimum atomic E-state index is 1.12. The highest BCUT2D eigenvalue weighted by Crippen LogP contribution is 2.30. The Morgan fingerprint density at radius 3 is 1.57 bits per heavy atom. The van der Waals surface area contributed by atoms with Crippen molar-refractivity contribution in [3.05, 3.63) is 24.3 Å². The van der Waals surface area contributed by atoms with Gasteiger partial charge in [-0.3, -0.25) is 0 Å². The third kappa shape index (κ3) is 2.00. The predicted molar refractivity (Wildman–Crippen MR) is 64.3 cm³/mol. The van der Waals surface area contributed by atoms with Crippen LogP contribution in [-0.4, -0.2) is 27.2 Å². The minimum absolute atomic E-state index is 1.12. The smallest absolute Gasteiger partial charge is 0.0602 e. The molecule has 1 aromatic carbocycles. The molecule has 0 aromatic heterocycles. The third-order valence-corrected chi connectivity index (χ3v) is 2.48. The maximum absolute atomic E-state index is 2.30. The van der Waals surface area contributed by atoms with E-state index < -0.39 is 0 Å². The summed E-state index contributed by atoms with van der Waals surface area (Å²) in [5.41, 5.74) is 2.68. The molecule has 0 spiro atoms. The summed E-state index contributed by atoms with van der Waals surface area (Å²) in [7, 11) is 4.29. The zero-order chi connectivity index (χ0) is 10.6. The second-order valence-corrected chi connectivity index (χ2v) is 3.33. The summed E-state index contributed by atoms with van der Waals surface area (Å²) in [6, 6.07) is 8.53. The van der Waals surface area contributed by atoms with Crippen LogP contribution in [0.5, 0.6) is 0 Å². The van der Waals surface area contributed by atoms with E-state index in [2.05, 4.69) is 48.2 Å². The molecule has 14 heavy (non-hydrogen) atoms. The fourth-order valence-corrected chi connectivity index (χ4v) is 1.65. The predicted octanol–water partition coefficient (Wildman–Crippen LogP) is 2.60. The molecule has 0 amide bonds. The van der Waals surface area contributed by atoms with Crippen molar-refractivity contribution in [3.8, 4) is 0 Å². The van der Waals surface area contributed by atoms with Gasteiger partial charge < -0.3 is 9.80 Å². The van der Waals surface area contributed by atoms with Crippen LogP contribution in [-0.2, 0) is 0 Å². The highest BCUT2D eigenvalue weighted by atomic mass is 15.2. The Hall–Kier alpha value is -1.18. The van der Waals surface area contributed by atoms with Gasteiger partial charge in [-0.25, -0.2) is 0 Å². The van der Waals surface area contributed by atoms with Crippen LogP contribution in [0.15, 0.2) is 24.3 Å². The van der Waals surface area contributed by atoms with E-state index in [9.17, 15) is 0 Å². The average Bonchev–Trinajstić information content (AvgIpc) is 2.27. The summed E-state index contributed by atoms with van der Waals surface area (Å²) in [5.74, 6) is 0. The molecule has 0 unspecified atom stereocenters. The van der Waals surface area contributed by atoms with Gasteiger partial charge in [0, 0.05) is 27.2 Å². The zero-order valence-electron chi connectivity index (χ0n) is 9.62. The first-order valence-electron chi connectivity index (χ1n) is 5.30. The lowest BCUT2D eigenvalue weighted by Crippen LogP contribution is -2.36. The van der Waals surface area contributed by atoms with Crippen LogP contribution in [0.2, 0.25) is 0 Å². The molecule has 0 aliphatic carbocycles. The fourth-order valence-electron chi connectivity index (χ4n) is 1.65. The normalized spacial score (nSPS) is 14.3. The summed E-state index contributed by atoms with van der Waals surface area (Å²) in [5, 5.41) is 0. The molecule has 1 aliphatic rings. The van der Waals surface area contributed by atoms with Crippen LogP contribution < -0.4 is 9.80 Å². The van der Waals surface area contributed by atoms with Gasteiger partial charge >= 0.3 is 0 Å². The first kappa shape index (κ1) is 10.9. The van der Waals surface area contributed by atoms with Gasteiger partial charge in [-0.2, -0.15) is 0 Å². The summed E-state index contributed by atoms with van der Waals surface area (Å²) in [4.78, 5) is 4.60. The number of anilines is 2. The van der Waals surface area contributed by atoms with Crippen LogP contribution in [0.1, 0.15) is 13.8 Å². The van der Waals surface area contributed by atoms with Gasteiger partial charge in [0.2, 0.25) is 0 Å². The van der Waals surface area contributed by atoms with E-state index in [4.69, 9.17) is 0 Å². The van der Waals surface area contributed by atoms with Gasteiger partial charge in [-0.1, -0.05) is 26.0 Å². The highest BCUT2D eigenvalue weighted by molar-refractivity contribution is 5.72. The monoisotopic (exact) mass is 192 g/mol. The summed E-state index contributed by atoms with van der Waals surface area (Å²) in [6.07, 6.45) is 0. The molecule has 2 nitrogen and oxygen atoms in total. The summed E-state index contributed by atoms with van der Waals surface area (Å²) >= 11 is 0. The van der Waals surface area contributed by atoms with Crippen molar-refractivity contribution >= 4 is 11.4 Å². The number of rotatable bonds is 0. The van der Waals surface area contributed by atoms with Crippen molar-refractivity contribution in [2.24, 2.45) is 0 Å². The molecule has 0 saturated carbocycles. The largest absolute Gasteiger partial charge is 0.371 e. The second kappa shape index (κ2) is 4.89. The van der Waals surface area contributed by atoms with Crippen LogP contribution in [0.4, 0.5) is 11.4 Å². The highest BCUT2D eigenvalue weighted by Gasteiger charge is 2.15. The Balaban J connectivity index is 0.000000461. The molecular weight excluding hydrogens is 172 g/mol. The number of benzene rings is 1. The van der Waals surface area contributed by atoms with Crippen molar-refractivity contribution < 1.29 is 0 Å². The Morgan fingerprint density at radius 1 is 0.857 bits per heavy atom. The van der Waals surface area contributed by atoms with E-state index in [0.717, 1.165) is 13.1 Å². The molecule has 1 heterocycles. The Bertz CT molecular complexity index is 254. The van der Waals surface area contributed by atoms with E-state index in [-0.39, 0.29) is 0 Å². The molecule has 0 saturated heterocycles. The topological polar surface area (TPSA) is 6.48 Å². The van der Waals surface area contributed by atoms with E-state index in [1.165, 1.54) is 11.4 Å². The van der Waals surface area contributed by atoms with Gasteiger partial charge in [-0.05, 0) is 12.1 Å². The number of para-hydroxylation sites is 2. The number of fused-ring (bicyclic) bond motifs is 1. The van der Waals surface area contributed by atoms with Crippen molar-refractivity contribution in [2.75, 3.05) is 37.0 Å². The molecule has 0 fully saturated rings. The molecule has 0 atom stereocenters. The molecule has 2 heteroatoms. The van der Waals surface area contributed by atoms with Crippen molar-refractivity contribution in [3.63, 3.8) is 0 Å². The molecule has 2 rings (SSSR count). The lowest BCUT2D eigenvalue weighted by molar-refractivity contribution is 0.798. The molecular formula is C12H20N2. The first-order valence-corrected chi connectivity index (χ1v) is 5.30. The van der Waals surface area contributed by atoms with Crippen molar-refractivity contribution in [1.29, 1.82) is 0 Å². The van der Waals surface area contributed by atoms with E-state index in [1.807, 2.05) is 13.8 Å². The Labute approximate surface area is 87.1 Å². The number of likely N-dealkylation sites (N-methyl/N-ethyl adjacent to an activating group) is 2. The maximum Gasteiger partial charge on any atom is 0.0602 e. The molecule has 1 aromatic rings. The Morgan fingerprint density at radius 2 is 1.21 bits per heavy atom. The molecule has 1 aliphatic heterocycles. The summed E-state index contributed by atoms with van der Waals surface area (Å²) in [6.45, 7) is 6.24. The average molecular weight is 192 g/mol. The lowest BCUT2D eigenvalue weighted by Gasteiger charge is -2.34. The van der Waals surface area contributed by atoms with Crippen LogP contribution in [0.3, 0.4) is 0 Å². The third-order valence-electron chi connectivity index (χ3n) is 2.48. The van der Waals surface area contributed by atoms with Gasteiger partial charge in [0.15, 0.2) is 0 Å². The zero-order valence-corrected chi connectivity index (χ0v) is 9.62. The Kier molecular flexibility index (Phi) is 3.81. The van der Waals surface area contributed by atoms with Crippen molar-refractivity contribution in [2.45, 2.75) is 13.8 Å². The van der Waals surface area contributed by atoms with Crippen LogP contribution >= 0.6 is 0 Å². The standard InChI is InChI=1S/C10H14N2.C2H6/c1-11-7-8-12(2)10-6-4-3-5-9(10)11;1-2/h3-6H,7-8H2,1-2H3;1-2H3. The van der Waals surface area contributed by atoms with Crippen LogP contribution in [0, 0.1) is 0 Å². The van der Waals surface area contributed by atoms with E-state index in [1.54, 1.807) is 0 Å². The van der Waals surface area contributed by atoms with Gasteiger partial charge in [0.05, 0.1) is 11.4 Å². The summed E-state index contributed by atoms with van der Waals surface area (Å²) < 4.78 is 0. The van der Waals surface area contributed by atoms with Crippen LogP contribution in [0.25, 0.3) is 0 Å². The second-order valence-electron chi connectivity index (χ2n) is 3.33. The van der Waals surface area contributed by atoms with Gasteiger partial charge in [-0.15, -0.1) is 0 Å². The van der Waals surface area contributed by atoms with Gasteiger partial charge in [0.25, 0.3) is 0 Å². The number of hydrogen-bond donors (Lipinski definition) is 0. The fraction of sp³-hybridized carbons (Fsp3) is 0.500. The lowest BCUT2D eigenvalue weighted by atomic mass is 10.2. The quantitative estimate of drug-likeness (QED) is 0.623. The number of hydrogen-bond acceptors (Lipinski definition) is 2. The molecule has 78 valence electrons. The van der Waals surface area contributed by atoms with E-state index >= 15 is 0 Å². The molecule has 0 N–H and O–H groups in total. The SMILES string of the molecule is CC.CN1CCN(C)c2ccccc21. The minimum Gasteiger partial charge on any atom is -0.371 e. The molecule has 0 radical (unpaired) electrons. The first-order chi connectivity index (χ1) is 6.79. The van der Waals surface area contributed by atoms with Gasteiger partial charge in [0.1, 0.15) is 0 Å². The number of nitrogens with zero attached hydrogens (tertiary/aromatic N) is 2.